The number of amides is 1. The van der Waals surface area contributed by atoms with Crippen molar-refractivity contribution >= 4 is 22.4 Å². The van der Waals surface area contributed by atoms with Gasteiger partial charge in [-0.05, 0) is 31.6 Å². The van der Waals surface area contributed by atoms with E-state index in [9.17, 15) is 4.79 Å². The molecule has 1 aliphatic carbocycles. The zero-order valence-electron chi connectivity index (χ0n) is 10.4. The van der Waals surface area contributed by atoms with Crippen LogP contribution in [0.3, 0.4) is 0 Å². The fourth-order valence-electron chi connectivity index (χ4n) is 2.31. The lowest BCUT2D eigenvalue weighted by atomic mass is 9.67. The summed E-state index contributed by atoms with van der Waals surface area (Å²) >= 11 is 1.26. The largest absolute Gasteiger partial charge is 0.375 e. The fraction of sp³-hybridized carbons (Fsp3) is 0.667. The molecule has 1 aromatic rings. The average Bonchev–Trinajstić information content (AvgIpc) is 2.57. The molecular formula is C12H19N3OS. The maximum atomic E-state index is 12.0. The minimum Gasteiger partial charge on any atom is -0.375 e. The summed E-state index contributed by atoms with van der Waals surface area (Å²) < 4.78 is 0. The van der Waals surface area contributed by atoms with Crippen molar-refractivity contribution in [3.05, 3.63) is 10.6 Å². The van der Waals surface area contributed by atoms with Crippen molar-refractivity contribution in [2.24, 2.45) is 5.41 Å². The number of hydrogen-bond donors (Lipinski definition) is 2. The van der Waals surface area contributed by atoms with Crippen LogP contribution in [0.5, 0.6) is 0 Å². The van der Waals surface area contributed by atoms with Crippen molar-refractivity contribution in [1.82, 2.24) is 10.3 Å². The van der Waals surface area contributed by atoms with Crippen molar-refractivity contribution in [3.8, 4) is 0 Å². The highest BCUT2D eigenvalue weighted by Gasteiger charge is 2.35. The van der Waals surface area contributed by atoms with E-state index in [2.05, 4.69) is 17.2 Å². The van der Waals surface area contributed by atoms with Crippen LogP contribution in [0.15, 0.2) is 0 Å². The van der Waals surface area contributed by atoms with Gasteiger partial charge in [0.25, 0.3) is 5.91 Å². The van der Waals surface area contributed by atoms with E-state index in [1.165, 1.54) is 30.6 Å². The van der Waals surface area contributed by atoms with E-state index >= 15 is 0 Å². The van der Waals surface area contributed by atoms with Crippen LogP contribution in [0.25, 0.3) is 0 Å². The van der Waals surface area contributed by atoms with Gasteiger partial charge in [-0.1, -0.05) is 24.7 Å². The Morgan fingerprint density at radius 3 is 2.71 bits per heavy atom. The molecule has 0 bridgehead atoms. The van der Waals surface area contributed by atoms with E-state index in [-0.39, 0.29) is 5.91 Å². The highest BCUT2D eigenvalue weighted by atomic mass is 32.1. The van der Waals surface area contributed by atoms with Gasteiger partial charge in [0.1, 0.15) is 4.88 Å². The summed E-state index contributed by atoms with van der Waals surface area (Å²) in [6.07, 6.45) is 4.88. The number of carbonyl (C=O) groups is 1. The van der Waals surface area contributed by atoms with Gasteiger partial charge in [0, 0.05) is 6.54 Å². The van der Waals surface area contributed by atoms with E-state index in [1.807, 2.05) is 6.92 Å². The first-order valence-corrected chi connectivity index (χ1v) is 6.89. The second kappa shape index (κ2) is 4.64. The summed E-state index contributed by atoms with van der Waals surface area (Å²) in [5.41, 5.74) is 6.66. The molecule has 0 aromatic carbocycles. The Morgan fingerprint density at radius 1 is 1.59 bits per heavy atom. The maximum absolute atomic E-state index is 12.0. The Hall–Kier alpha value is -1.10. The first kappa shape index (κ1) is 12.4. The Kier molecular flexibility index (Phi) is 3.38. The molecule has 0 unspecified atom stereocenters. The average molecular weight is 253 g/mol. The van der Waals surface area contributed by atoms with Crippen LogP contribution in [0.2, 0.25) is 0 Å². The SMILES string of the molecule is CCC1(CNC(=O)c2sc(N)nc2C)CCC1. The number of aryl methyl sites for hydroxylation is 1. The summed E-state index contributed by atoms with van der Waals surface area (Å²) in [5.74, 6) is -0.0311. The third kappa shape index (κ3) is 2.44. The van der Waals surface area contributed by atoms with Crippen LogP contribution in [0.4, 0.5) is 5.13 Å². The highest BCUT2D eigenvalue weighted by Crippen LogP contribution is 2.43. The fourth-order valence-corrected chi connectivity index (χ4v) is 3.06. The number of aromatic nitrogens is 1. The summed E-state index contributed by atoms with van der Waals surface area (Å²) in [7, 11) is 0. The topological polar surface area (TPSA) is 68.0 Å². The standard InChI is InChI=1S/C12H19N3OS/c1-3-12(5-4-6-12)7-14-10(16)9-8(2)15-11(13)17-9/h3-7H2,1-2H3,(H2,13,15)(H,14,16). The van der Waals surface area contributed by atoms with Gasteiger partial charge in [-0.25, -0.2) is 4.98 Å². The molecule has 0 aliphatic heterocycles. The molecule has 1 aromatic heterocycles. The molecule has 5 heteroatoms. The van der Waals surface area contributed by atoms with E-state index in [0.29, 0.717) is 15.4 Å². The lowest BCUT2D eigenvalue weighted by Crippen LogP contribution is -2.41. The second-order valence-electron chi connectivity index (χ2n) is 4.86. The predicted octanol–water partition coefficient (Wildman–Crippen LogP) is 2.34. The molecule has 1 amide bonds. The molecule has 1 fully saturated rings. The Balaban J connectivity index is 1.95. The molecule has 1 saturated carbocycles. The van der Waals surface area contributed by atoms with E-state index in [0.717, 1.165) is 18.7 Å². The molecule has 4 nitrogen and oxygen atoms in total. The highest BCUT2D eigenvalue weighted by molar-refractivity contribution is 7.17. The quantitative estimate of drug-likeness (QED) is 0.865. The predicted molar refractivity (Wildman–Crippen MR) is 70.2 cm³/mol. The number of anilines is 1. The normalized spacial score (nSPS) is 17.5. The van der Waals surface area contributed by atoms with Gasteiger partial charge < -0.3 is 11.1 Å². The molecule has 0 saturated heterocycles. The van der Waals surface area contributed by atoms with Crippen LogP contribution in [-0.2, 0) is 0 Å². The van der Waals surface area contributed by atoms with Gasteiger partial charge in [-0.15, -0.1) is 0 Å². The molecule has 0 atom stereocenters. The van der Waals surface area contributed by atoms with E-state index in [4.69, 9.17) is 5.73 Å². The van der Waals surface area contributed by atoms with Crippen LogP contribution in [0.1, 0.15) is 48.0 Å². The second-order valence-corrected chi connectivity index (χ2v) is 5.89. The number of nitrogen functional groups attached to an aromatic ring is 1. The summed E-state index contributed by atoms with van der Waals surface area (Å²) in [6.45, 7) is 4.79. The summed E-state index contributed by atoms with van der Waals surface area (Å²) in [5, 5.41) is 3.48. The van der Waals surface area contributed by atoms with Crippen LogP contribution >= 0.6 is 11.3 Å². The smallest absolute Gasteiger partial charge is 0.263 e. The lowest BCUT2D eigenvalue weighted by Gasteiger charge is -2.41. The molecule has 3 N–H and O–H groups in total. The summed E-state index contributed by atoms with van der Waals surface area (Å²) in [6, 6.07) is 0. The van der Waals surface area contributed by atoms with Crippen molar-refractivity contribution in [2.45, 2.75) is 39.5 Å². The maximum Gasteiger partial charge on any atom is 0.263 e. The molecule has 94 valence electrons. The zero-order chi connectivity index (χ0) is 12.5. The third-order valence-electron chi connectivity index (χ3n) is 3.81. The zero-order valence-corrected chi connectivity index (χ0v) is 11.2. The number of thiazole rings is 1. The van der Waals surface area contributed by atoms with Gasteiger partial charge in [0.05, 0.1) is 5.69 Å². The van der Waals surface area contributed by atoms with Crippen molar-refractivity contribution in [3.63, 3.8) is 0 Å². The molecule has 0 radical (unpaired) electrons. The van der Waals surface area contributed by atoms with Crippen LogP contribution in [0, 0.1) is 12.3 Å². The Morgan fingerprint density at radius 2 is 2.29 bits per heavy atom. The molecule has 1 aliphatic rings. The number of rotatable bonds is 4. The number of nitrogens with one attached hydrogen (secondary N) is 1. The minimum absolute atomic E-state index is 0.0311. The van der Waals surface area contributed by atoms with Crippen LogP contribution < -0.4 is 11.1 Å². The van der Waals surface area contributed by atoms with E-state index < -0.39 is 0 Å². The number of nitrogens with two attached hydrogens (primary N) is 1. The van der Waals surface area contributed by atoms with Gasteiger partial charge in [-0.2, -0.15) is 0 Å². The Bertz CT molecular complexity index is 418. The van der Waals surface area contributed by atoms with E-state index in [1.54, 1.807) is 0 Å². The molecule has 1 heterocycles. The molecule has 17 heavy (non-hydrogen) atoms. The third-order valence-corrected chi connectivity index (χ3v) is 4.79. The molecular weight excluding hydrogens is 234 g/mol. The van der Waals surface area contributed by atoms with Crippen molar-refractivity contribution < 1.29 is 4.79 Å². The van der Waals surface area contributed by atoms with Crippen molar-refractivity contribution in [1.29, 1.82) is 0 Å². The first-order chi connectivity index (χ1) is 8.06. The molecule has 2 rings (SSSR count). The number of hydrogen-bond acceptors (Lipinski definition) is 4. The first-order valence-electron chi connectivity index (χ1n) is 6.07. The summed E-state index contributed by atoms with van der Waals surface area (Å²) in [4.78, 5) is 16.7. The lowest BCUT2D eigenvalue weighted by molar-refractivity contribution is 0.0853. The van der Waals surface area contributed by atoms with Crippen LogP contribution in [-0.4, -0.2) is 17.4 Å². The Labute approximate surface area is 106 Å². The van der Waals surface area contributed by atoms with Gasteiger partial charge in [0.2, 0.25) is 0 Å². The molecule has 0 spiro atoms. The van der Waals surface area contributed by atoms with Gasteiger partial charge in [0.15, 0.2) is 5.13 Å². The number of nitrogens with zero attached hydrogens (tertiary/aromatic N) is 1. The number of carbonyl (C=O) groups excluding carboxylic acids is 1. The van der Waals surface area contributed by atoms with Gasteiger partial charge in [-0.3, -0.25) is 4.79 Å². The monoisotopic (exact) mass is 253 g/mol. The van der Waals surface area contributed by atoms with Gasteiger partial charge >= 0.3 is 0 Å². The van der Waals surface area contributed by atoms with Crippen molar-refractivity contribution in [2.75, 3.05) is 12.3 Å². The minimum atomic E-state index is -0.0311.